The van der Waals surface area contributed by atoms with E-state index < -0.39 is 0 Å². The third-order valence-electron chi connectivity index (χ3n) is 4.27. The summed E-state index contributed by atoms with van der Waals surface area (Å²) in [6.07, 6.45) is 0. The van der Waals surface area contributed by atoms with E-state index in [4.69, 9.17) is 4.74 Å². The SMILES string of the molecule is CCOc1ccc(C(C)=O)cc1CSc1nnc(-c2ccc(C)cc2)n1C. The Hall–Kier alpha value is -2.60. The first-order valence-corrected chi connectivity index (χ1v) is 9.84. The molecule has 0 aliphatic carbocycles. The van der Waals surface area contributed by atoms with Crippen molar-refractivity contribution in [3.63, 3.8) is 0 Å². The summed E-state index contributed by atoms with van der Waals surface area (Å²) in [5.41, 5.74) is 3.92. The number of hydrogen-bond acceptors (Lipinski definition) is 5. The van der Waals surface area contributed by atoms with Gasteiger partial charge in [0.2, 0.25) is 0 Å². The first kappa shape index (κ1) is 19.2. The highest BCUT2D eigenvalue weighted by Gasteiger charge is 2.14. The quantitative estimate of drug-likeness (QED) is 0.439. The zero-order valence-corrected chi connectivity index (χ0v) is 16.8. The van der Waals surface area contributed by atoms with Gasteiger partial charge in [0.15, 0.2) is 16.8 Å². The number of nitrogens with zero attached hydrogens (tertiary/aromatic N) is 3. The number of carbonyl (C=O) groups is 1. The molecule has 0 saturated heterocycles. The van der Waals surface area contributed by atoms with Crippen molar-refractivity contribution >= 4 is 17.5 Å². The van der Waals surface area contributed by atoms with Crippen molar-refractivity contribution < 1.29 is 9.53 Å². The molecule has 27 heavy (non-hydrogen) atoms. The number of hydrogen-bond donors (Lipinski definition) is 0. The maximum Gasteiger partial charge on any atom is 0.191 e. The minimum atomic E-state index is 0.0459. The summed E-state index contributed by atoms with van der Waals surface area (Å²) in [4.78, 5) is 11.7. The molecule has 0 aliphatic rings. The van der Waals surface area contributed by atoms with E-state index in [1.807, 2.05) is 30.7 Å². The monoisotopic (exact) mass is 381 g/mol. The number of ketones is 1. The van der Waals surface area contributed by atoms with Crippen LogP contribution in [-0.4, -0.2) is 27.2 Å². The van der Waals surface area contributed by atoms with Gasteiger partial charge in [-0.3, -0.25) is 4.79 Å². The second kappa shape index (κ2) is 8.39. The average Bonchev–Trinajstić information content (AvgIpc) is 3.02. The summed E-state index contributed by atoms with van der Waals surface area (Å²) in [5.74, 6) is 2.33. The number of aromatic nitrogens is 3. The maximum absolute atomic E-state index is 11.7. The summed E-state index contributed by atoms with van der Waals surface area (Å²) in [6, 6.07) is 13.8. The molecule has 0 aliphatic heterocycles. The van der Waals surface area contributed by atoms with Crippen molar-refractivity contribution in [2.45, 2.75) is 31.7 Å². The fourth-order valence-corrected chi connectivity index (χ4v) is 3.63. The van der Waals surface area contributed by atoms with Crippen LogP contribution < -0.4 is 4.74 Å². The third kappa shape index (κ3) is 4.39. The van der Waals surface area contributed by atoms with E-state index in [0.29, 0.717) is 17.9 Å². The predicted octanol–water partition coefficient (Wildman–Crippen LogP) is 4.68. The van der Waals surface area contributed by atoms with Crippen LogP contribution in [0.25, 0.3) is 11.4 Å². The molecular formula is C21H23N3O2S. The van der Waals surface area contributed by atoms with Gasteiger partial charge >= 0.3 is 0 Å². The first-order valence-electron chi connectivity index (χ1n) is 8.85. The highest BCUT2D eigenvalue weighted by Crippen LogP contribution is 2.30. The van der Waals surface area contributed by atoms with Crippen LogP contribution in [0.4, 0.5) is 0 Å². The maximum atomic E-state index is 11.7. The Morgan fingerprint density at radius 2 is 1.89 bits per heavy atom. The molecule has 3 rings (SSSR count). The number of Topliss-reactive ketones (excluding diaryl/α,β-unsaturated/α-hetero) is 1. The minimum absolute atomic E-state index is 0.0459. The van der Waals surface area contributed by atoms with Crippen molar-refractivity contribution in [3.05, 3.63) is 59.2 Å². The van der Waals surface area contributed by atoms with E-state index in [0.717, 1.165) is 27.9 Å². The van der Waals surface area contributed by atoms with Crippen molar-refractivity contribution in [1.29, 1.82) is 0 Å². The molecule has 0 bridgehead atoms. The Bertz CT molecular complexity index is 949. The molecule has 0 amide bonds. The summed E-state index contributed by atoms with van der Waals surface area (Å²) >= 11 is 1.58. The van der Waals surface area contributed by atoms with Crippen molar-refractivity contribution in [3.8, 4) is 17.1 Å². The van der Waals surface area contributed by atoms with Gasteiger partial charge in [-0.1, -0.05) is 41.6 Å². The van der Waals surface area contributed by atoms with Crippen LogP contribution in [0, 0.1) is 6.92 Å². The third-order valence-corrected chi connectivity index (χ3v) is 5.34. The van der Waals surface area contributed by atoms with Gasteiger partial charge in [-0.25, -0.2) is 0 Å². The van der Waals surface area contributed by atoms with Crippen molar-refractivity contribution in [2.24, 2.45) is 7.05 Å². The summed E-state index contributed by atoms with van der Waals surface area (Å²) in [6.45, 7) is 6.17. The van der Waals surface area contributed by atoms with Crippen molar-refractivity contribution in [1.82, 2.24) is 14.8 Å². The van der Waals surface area contributed by atoms with Crippen LogP contribution in [0.1, 0.15) is 35.3 Å². The summed E-state index contributed by atoms with van der Waals surface area (Å²) in [5, 5.41) is 9.49. The number of rotatable bonds is 7. The molecule has 1 aromatic heterocycles. The molecule has 0 atom stereocenters. The van der Waals surface area contributed by atoms with Crippen LogP contribution in [0.15, 0.2) is 47.6 Å². The predicted molar refractivity (Wildman–Crippen MR) is 108 cm³/mol. The molecule has 0 fully saturated rings. The van der Waals surface area contributed by atoms with Crippen LogP contribution in [0.3, 0.4) is 0 Å². The van der Waals surface area contributed by atoms with E-state index in [9.17, 15) is 4.79 Å². The normalized spacial score (nSPS) is 10.8. The molecule has 0 spiro atoms. The Labute approximate surface area is 163 Å². The molecule has 0 radical (unpaired) electrons. The van der Waals surface area contributed by atoms with Gasteiger partial charge in [0.25, 0.3) is 0 Å². The topological polar surface area (TPSA) is 57.0 Å². The standard InChI is InChI=1S/C21H23N3O2S/c1-5-26-19-11-10-17(15(3)25)12-18(19)13-27-21-23-22-20(24(21)4)16-8-6-14(2)7-9-16/h6-12H,5,13H2,1-4H3. The number of carbonyl (C=O) groups excluding carboxylic acids is 1. The number of aryl methyl sites for hydroxylation is 1. The van der Waals surface area contributed by atoms with E-state index >= 15 is 0 Å². The van der Waals surface area contributed by atoms with E-state index in [1.54, 1.807) is 24.8 Å². The Kier molecular flexibility index (Phi) is 5.96. The highest BCUT2D eigenvalue weighted by atomic mass is 32.2. The van der Waals surface area contributed by atoms with Gasteiger partial charge in [-0.2, -0.15) is 0 Å². The Morgan fingerprint density at radius 3 is 2.56 bits per heavy atom. The Balaban J connectivity index is 1.82. The van der Waals surface area contributed by atoms with Crippen LogP contribution in [-0.2, 0) is 12.8 Å². The lowest BCUT2D eigenvalue weighted by molar-refractivity contribution is 0.101. The van der Waals surface area contributed by atoms with E-state index in [1.165, 1.54) is 5.56 Å². The lowest BCUT2D eigenvalue weighted by Crippen LogP contribution is -2.00. The molecule has 0 unspecified atom stereocenters. The zero-order valence-electron chi connectivity index (χ0n) is 16.0. The van der Waals surface area contributed by atoms with Crippen molar-refractivity contribution in [2.75, 3.05) is 6.61 Å². The lowest BCUT2D eigenvalue weighted by Gasteiger charge is -2.11. The second-order valence-electron chi connectivity index (χ2n) is 6.33. The first-order chi connectivity index (χ1) is 13.0. The molecule has 5 nitrogen and oxygen atoms in total. The average molecular weight is 382 g/mol. The van der Waals surface area contributed by atoms with Crippen LogP contribution in [0.5, 0.6) is 5.75 Å². The van der Waals surface area contributed by atoms with E-state index in [2.05, 4.69) is 41.4 Å². The van der Waals surface area contributed by atoms with Gasteiger partial charge < -0.3 is 9.30 Å². The summed E-state index contributed by atoms with van der Waals surface area (Å²) < 4.78 is 7.70. The molecule has 6 heteroatoms. The van der Waals surface area contributed by atoms with Crippen LogP contribution >= 0.6 is 11.8 Å². The number of benzene rings is 2. The van der Waals surface area contributed by atoms with Gasteiger partial charge in [0.05, 0.1) is 6.61 Å². The highest BCUT2D eigenvalue weighted by molar-refractivity contribution is 7.98. The van der Waals surface area contributed by atoms with Gasteiger partial charge in [-0.05, 0) is 39.0 Å². The minimum Gasteiger partial charge on any atom is -0.494 e. The summed E-state index contributed by atoms with van der Waals surface area (Å²) in [7, 11) is 1.97. The van der Waals surface area contributed by atoms with Gasteiger partial charge in [0.1, 0.15) is 5.75 Å². The smallest absolute Gasteiger partial charge is 0.191 e. The molecule has 2 aromatic carbocycles. The molecular weight excluding hydrogens is 358 g/mol. The number of ether oxygens (including phenoxy) is 1. The molecule has 1 heterocycles. The zero-order chi connectivity index (χ0) is 19.4. The largest absolute Gasteiger partial charge is 0.494 e. The molecule has 0 N–H and O–H groups in total. The molecule has 0 saturated carbocycles. The van der Waals surface area contributed by atoms with Gasteiger partial charge in [0, 0.05) is 29.5 Å². The fraction of sp³-hybridized carbons (Fsp3) is 0.286. The molecule has 3 aromatic rings. The lowest BCUT2D eigenvalue weighted by atomic mass is 10.1. The fourth-order valence-electron chi connectivity index (χ4n) is 2.74. The van der Waals surface area contributed by atoms with E-state index in [-0.39, 0.29) is 5.78 Å². The molecule has 140 valence electrons. The Morgan fingerprint density at radius 1 is 1.15 bits per heavy atom. The second-order valence-corrected chi connectivity index (χ2v) is 7.27. The van der Waals surface area contributed by atoms with Crippen LogP contribution in [0.2, 0.25) is 0 Å². The number of thioether (sulfide) groups is 1. The van der Waals surface area contributed by atoms with Gasteiger partial charge in [-0.15, -0.1) is 10.2 Å².